The van der Waals surface area contributed by atoms with E-state index in [0.717, 1.165) is 28.7 Å². The van der Waals surface area contributed by atoms with Gasteiger partial charge < -0.3 is 10.2 Å². The summed E-state index contributed by atoms with van der Waals surface area (Å²) in [4.78, 5) is 27.3. The number of nitrogens with one attached hydrogen (secondary N) is 1. The molecule has 2 aromatic carbocycles. The Labute approximate surface area is 172 Å². The highest BCUT2D eigenvalue weighted by Gasteiger charge is 2.26. The van der Waals surface area contributed by atoms with Gasteiger partial charge in [-0.25, -0.2) is 0 Å². The van der Waals surface area contributed by atoms with Crippen LogP contribution < -0.4 is 5.32 Å². The van der Waals surface area contributed by atoms with Crippen molar-refractivity contribution in [3.63, 3.8) is 0 Å². The molecule has 5 heteroatoms. The molecule has 1 N–H and O–H groups in total. The molecular weight excluding hydrogens is 372 g/mol. The number of carbonyl (C=O) groups excluding carboxylic acids is 2. The maximum atomic E-state index is 13.1. The van der Waals surface area contributed by atoms with E-state index in [1.165, 1.54) is 0 Å². The standard InChI is InChI=1S/C23H29ClN2O2/c1-5-10-25-23(28)18(4)26(15-19-6-8-21(24)9-7-19)22(27)14-20-12-16(2)11-17(3)13-20/h6-9,11-13,18H,5,10,14-15H2,1-4H3,(H,25,28)/t18-/m1/s1. The minimum atomic E-state index is -0.555. The Bertz CT molecular complexity index is 798. The Hall–Kier alpha value is -2.33. The van der Waals surface area contributed by atoms with Gasteiger partial charge in [0.05, 0.1) is 6.42 Å². The summed E-state index contributed by atoms with van der Waals surface area (Å²) in [5.74, 6) is -0.205. The summed E-state index contributed by atoms with van der Waals surface area (Å²) in [5, 5.41) is 3.53. The molecule has 0 fully saturated rings. The fourth-order valence-corrected chi connectivity index (χ4v) is 3.34. The first-order valence-electron chi connectivity index (χ1n) is 9.69. The third-order valence-corrected chi connectivity index (χ3v) is 4.87. The lowest BCUT2D eigenvalue weighted by atomic mass is 10.0. The highest BCUT2D eigenvalue weighted by atomic mass is 35.5. The van der Waals surface area contributed by atoms with Crippen LogP contribution in [0.25, 0.3) is 0 Å². The first-order valence-corrected chi connectivity index (χ1v) is 10.1. The van der Waals surface area contributed by atoms with Gasteiger partial charge in [0, 0.05) is 18.1 Å². The topological polar surface area (TPSA) is 49.4 Å². The van der Waals surface area contributed by atoms with Crippen LogP contribution in [-0.4, -0.2) is 29.3 Å². The first kappa shape index (κ1) is 22.0. The van der Waals surface area contributed by atoms with E-state index in [0.29, 0.717) is 18.1 Å². The summed E-state index contributed by atoms with van der Waals surface area (Å²) in [6.07, 6.45) is 1.12. The molecule has 0 saturated heterocycles. The number of amides is 2. The SMILES string of the molecule is CCCNC(=O)[C@@H](C)N(Cc1ccc(Cl)cc1)C(=O)Cc1cc(C)cc(C)c1. The Morgan fingerprint density at radius 1 is 1.04 bits per heavy atom. The number of carbonyl (C=O) groups is 2. The normalized spacial score (nSPS) is 11.8. The van der Waals surface area contributed by atoms with Crippen molar-refractivity contribution in [3.05, 3.63) is 69.7 Å². The highest BCUT2D eigenvalue weighted by Crippen LogP contribution is 2.16. The summed E-state index contributed by atoms with van der Waals surface area (Å²) >= 11 is 5.97. The quantitative estimate of drug-likeness (QED) is 0.711. The lowest BCUT2D eigenvalue weighted by molar-refractivity contribution is -0.140. The highest BCUT2D eigenvalue weighted by molar-refractivity contribution is 6.30. The molecule has 28 heavy (non-hydrogen) atoms. The van der Waals surface area contributed by atoms with E-state index in [4.69, 9.17) is 11.6 Å². The van der Waals surface area contributed by atoms with Crippen molar-refractivity contribution >= 4 is 23.4 Å². The minimum Gasteiger partial charge on any atom is -0.354 e. The van der Waals surface area contributed by atoms with Gasteiger partial charge >= 0.3 is 0 Å². The van der Waals surface area contributed by atoms with Crippen molar-refractivity contribution in [3.8, 4) is 0 Å². The van der Waals surface area contributed by atoms with Gasteiger partial charge in [0.1, 0.15) is 6.04 Å². The van der Waals surface area contributed by atoms with Crippen LogP contribution in [-0.2, 0) is 22.6 Å². The number of aryl methyl sites for hydroxylation is 2. The second-order valence-electron chi connectivity index (χ2n) is 7.29. The van der Waals surface area contributed by atoms with Crippen LogP contribution in [0.3, 0.4) is 0 Å². The largest absolute Gasteiger partial charge is 0.354 e. The molecule has 0 bridgehead atoms. The molecule has 0 aliphatic rings. The van der Waals surface area contributed by atoms with Gasteiger partial charge in [0.2, 0.25) is 11.8 Å². The molecule has 2 aromatic rings. The van der Waals surface area contributed by atoms with E-state index in [1.807, 2.05) is 45.0 Å². The summed E-state index contributed by atoms with van der Waals surface area (Å²) in [7, 11) is 0. The van der Waals surface area contributed by atoms with E-state index in [1.54, 1.807) is 24.0 Å². The molecule has 2 amide bonds. The molecule has 0 aliphatic carbocycles. The summed E-state index contributed by atoms with van der Waals surface area (Å²) in [6, 6.07) is 12.9. The van der Waals surface area contributed by atoms with Crippen LogP contribution in [0.2, 0.25) is 5.02 Å². The molecule has 0 heterocycles. The molecule has 0 saturated carbocycles. The van der Waals surface area contributed by atoms with Crippen molar-refractivity contribution in [2.75, 3.05) is 6.54 Å². The molecule has 2 rings (SSSR count). The second kappa shape index (κ2) is 10.3. The number of benzene rings is 2. The first-order chi connectivity index (χ1) is 13.3. The third-order valence-electron chi connectivity index (χ3n) is 4.62. The number of halogens is 1. The minimum absolute atomic E-state index is 0.0703. The van der Waals surface area contributed by atoms with Crippen molar-refractivity contribution in [1.29, 1.82) is 0 Å². The van der Waals surface area contributed by atoms with E-state index in [-0.39, 0.29) is 18.2 Å². The molecule has 0 aromatic heterocycles. The zero-order valence-corrected chi connectivity index (χ0v) is 17.8. The predicted octanol–water partition coefficient (Wildman–Crippen LogP) is 4.44. The number of rotatable bonds is 8. The Balaban J connectivity index is 2.23. The number of hydrogen-bond donors (Lipinski definition) is 1. The Morgan fingerprint density at radius 3 is 2.21 bits per heavy atom. The fourth-order valence-electron chi connectivity index (χ4n) is 3.21. The van der Waals surface area contributed by atoms with Crippen molar-refractivity contribution in [1.82, 2.24) is 10.2 Å². The Kier molecular flexibility index (Phi) is 8.06. The molecule has 4 nitrogen and oxygen atoms in total. The van der Waals surface area contributed by atoms with Gasteiger partial charge in [-0.2, -0.15) is 0 Å². The summed E-state index contributed by atoms with van der Waals surface area (Å²) < 4.78 is 0. The lowest BCUT2D eigenvalue weighted by Crippen LogP contribution is -2.48. The molecule has 0 spiro atoms. The van der Waals surface area contributed by atoms with Crippen LogP contribution in [0.5, 0.6) is 0 Å². The van der Waals surface area contributed by atoms with Crippen molar-refractivity contribution in [2.45, 2.75) is 53.1 Å². The molecular formula is C23H29ClN2O2. The molecule has 0 radical (unpaired) electrons. The van der Waals surface area contributed by atoms with E-state index >= 15 is 0 Å². The zero-order chi connectivity index (χ0) is 20.7. The van der Waals surface area contributed by atoms with Crippen LogP contribution in [0.1, 0.15) is 42.5 Å². The van der Waals surface area contributed by atoms with Crippen LogP contribution >= 0.6 is 11.6 Å². The monoisotopic (exact) mass is 400 g/mol. The molecule has 0 aliphatic heterocycles. The lowest BCUT2D eigenvalue weighted by Gasteiger charge is -2.29. The molecule has 0 unspecified atom stereocenters. The molecule has 1 atom stereocenters. The van der Waals surface area contributed by atoms with Gasteiger partial charge in [0.25, 0.3) is 0 Å². The number of hydrogen-bond acceptors (Lipinski definition) is 2. The zero-order valence-electron chi connectivity index (χ0n) is 17.1. The van der Waals surface area contributed by atoms with Gasteiger partial charge in [-0.15, -0.1) is 0 Å². The van der Waals surface area contributed by atoms with Crippen LogP contribution in [0.4, 0.5) is 0 Å². The van der Waals surface area contributed by atoms with Crippen molar-refractivity contribution in [2.24, 2.45) is 0 Å². The number of nitrogens with zero attached hydrogens (tertiary/aromatic N) is 1. The van der Waals surface area contributed by atoms with Crippen molar-refractivity contribution < 1.29 is 9.59 Å². The van der Waals surface area contributed by atoms with Gasteiger partial charge in [0.15, 0.2) is 0 Å². The van der Waals surface area contributed by atoms with Gasteiger partial charge in [-0.3, -0.25) is 9.59 Å². The predicted molar refractivity (Wildman–Crippen MR) is 114 cm³/mol. The third kappa shape index (κ3) is 6.38. The summed E-state index contributed by atoms with van der Waals surface area (Å²) in [6.45, 7) is 8.78. The van der Waals surface area contributed by atoms with E-state index in [9.17, 15) is 9.59 Å². The van der Waals surface area contributed by atoms with Crippen LogP contribution in [0.15, 0.2) is 42.5 Å². The van der Waals surface area contributed by atoms with E-state index < -0.39 is 6.04 Å². The maximum Gasteiger partial charge on any atom is 0.242 e. The van der Waals surface area contributed by atoms with Gasteiger partial charge in [-0.05, 0) is 50.5 Å². The summed E-state index contributed by atoms with van der Waals surface area (Å²) in [5.41, 5.74) is 4.15. The fraction of sp³-hybridized carbons (Fsp3) is 0.391. The van der Waals surface area contributed by atoms with Gasteiger partial charge in [-0.1, -0.05) is 60.0 Å². The average Bonchev–Trinajstić information content (AvgIpc) is 2.64. The van der Waals surface area contributed by atoms with Crippen LogP contribution in [0, 0.1) is 13.8 Å². The Morgan fingerprint density at radius 2 is 1.64 bits per heavy atom. The molecule has 150 valence electrons. The average molecular weight is 401 g/mol. The smallest absolute Gasteiger partial charge is 0.242 e. The maximum absolute atomic E-state index is 13.1. The second-order valence-corrected chi connectivity index (χ2v) is 7.72. The van der Waals surface area contributed by atoms with E-state index in [2.05, 4.69) is 11.4 Å².